The first-order chi connectivity index (χ1) is 9.29. The van der Waals surface area contributed by atoms with Crippen molar-refractivity contribution in [2.45, 2.75) is 25.8 Å². The molecule has 1 aliphatic heterocycles. The largest absolute Gasteiger partial charge is 0.465 e. The fourth-order valence-corrected chi connectivity index (χ4v) is 4.47. The summed E-state index contributed by atoms with van der Waals surface area (Å²) in [4.78, 5) is 11.4. The second-order valence-corrected chi connectivity index (χ2v) is 7.38. The number of sulfonamides is 1. The lowest BCUT2D eigenvalue weighted by Crippen LogP contribution is -2.42. The van der Waals surface area contributed by atoms with Crippen LogP contribution in [0.25, 0.3) is 0 Å². The smallest absolute Gasteiger partial charge is 0.337 e. The van der Waals surface area contributed by atoms with Gasteiger partial charge in [-0.25, -0.2) is 13.2 Å². The van der Waals surface area contributed by atoms with Gasteiger partial charge in [-0.15, -0.1) is 0 Å². The van der Waals surface area contributed by atoms with Crippen LogP contribution >= 0.6 is 0 Å². The zero-order chi connectivity index (χ0) is 15.0. The Morgan fingerprint density at radius 1 is 1.25 bits per heavy atom. The Morgan fingerprint density at radius 3 is 2.30 bits per heavy atom. The molecule has 5 nitrogen and oxygen atoms in total. The van der Waals surface area contributed by atoms with Gasteiger partial charge in [0.25, 0.3) is 0 Å². The number of hydrogen-bond acceptors (Lipinski definition) is 4. The molecule has 0 spiro atoms. The van der Waals surface area contributed by atoms with E-state index in [1.54, 1.807) is 24.3 Å². The Balaban J connectivity index is 2.32. The fraction of sp³-hybridized carbons (Fsp3) is 0.500. The number of carbonyl (C=O) groups is 1. The van der Waals surface area contributed by atoms with Crippen LogP contribution in [0.5, 0.6) is 0 Å². The van der Waals surface area contributed by atoms with Crippen molar-refractivity contribution >= 4 is 16.0 Å². The summed E-state index contributed by atoms with van der Waals surface area (Å²) in [6.07, 6.45) is 0.659. The quantitative estimate of drug-likeness (QED) is 0.797. The molecular weight excluding hydrogens is 278 g/mol. The maximum absolute atomic E-state index is 12.1. The predicted molar refractivity (Wildman–Crippen MR) is 75.9 cm³/mol. The van der Waals surface area contributed by atoms with Crippen molar-refractivity contribution in [1.82, 2.24) is 4.31 Å². The van der Waals surface area contributed by atoms with Gasteiger partial charge in [0, 0.05) is 6.54 Å². The summed E-state index contributed by atoms with van der Waals surface area (Å²) >= 11 is 0. The number of hydrogen-bond donors (Lipinski definition) is 0. The molecular formula is C14H19NO4S. The monoisotopic (exact) mass is 297 g/mol. The molecule has 0 amide bonds. The average molecular weight is 297 g/mol. The highest BCUT2D eigenvalue weighted by molar-refractivity contribution is 7.89. The van der Waals surface area contributed by atoms with E-state index in [9.17, 15) is 13.2 Å². The van der Waals surface area contributed by atoms with E-state index in [1.807, 2.05) is 13.8 Å². The molecule has 110 valence electrons. The molecule has 20 heavy (non-hydrogen) atoms. The van der Waals surface area contributed by atoms with Gasteiger partial charge in [-0.05, 0) is 38.0 Å². The summed E-state index contributed by atoms with van der Waals surface area (Å²) in [5, 5.41) is 0. The van der Waals surface area contributed by atoms with E-state index in [0.717, 1.165) is 5.56 Å². The number of nitrogens with zero attached hydrogens (tertiary/aromatic N) is 1. The van der Waals surface area contributed by atoms with Gasteiger partial charge in [0.1, 0.15) is 0 Å². The number of carbonyl (C=O) groups excluding carboxylic acids is 1. The van der Waals surface area contributed by atoms with Crippen molar-refractivity contribution in [3.63, 3.8) is 0 Å². The molecule has 0 saturated carbocycles. The molecule has 1 saturated heterocycles. The zero-order valence-electron chi connectivity index (χ0n) is 11.9. The standard InChI is InChI=1S/C14H19NO4S/c1-14(2,15-9-4-10-20(15,17)18)12-7-5-11(6-8-12)13(16)19-3/h5-8H,4,9-10H2,1-3H3. The van der Waals surface area contributed by atoms with E-state index in [0.29, 0.717) is 18.5 Å². The molecule has 1 aliphatic rings. The lowest BCUT2D eigenvalue weighted by Gasteiger charge is -2.34. The average Bonchev–Trinajstić information content (AvgIpc) is 2.78. The molecule has 0 N–H and O–H groups in total. The van der Waals surface area contributed by atoms with Crippen LogP contribution in [0.2, 0.25) is 0 Å². The van der Waals surface area contributed by atoms with Crippen molar-refractivity contribution in [3.8, 4) is 0 Å². The summed E-state index contributed by atoms with van der Waals surface area (Å²) in [5.74, 6) is -0.195. The molecule has 1 heterocycles. The lowest BCUT2D eigenvalue weighted by molar-refractivity contribution is 0.0600. The van der Waals surface area contributed by atoms with Gasteiger partial charge in [-0.3, -0.25) is 0 Å². The molecule has 0 radical (unpaired) electrons. The summed E-state index contributed by atoms with van der Waals surface area (Å²) in [5.41, 5.74) is 0.691. The van der Waals surface area contributed by atoms with Crippen molar-refractivity contribution < 1.29 is 17.9 Å². The molecule has 6 heteroatoms. The van der Waals surface area contributed by atoms with Gasteiger partial charge in [-0.2, -0.15) is 4.31 Å². The molecule has 0 aromatic heterocycles. The first-order valence-electron chi connectivity index (χ1n) is 6.48. The van der Waals surface area contributed by atoms with Gasteiger partial charge >= 0.3 is 5.97 Å². The first-order valence-corrected chi connectivity index (χ1v) is 8.09. The molecule has 1 aromatic rings. The first kappa shape index (κ1) is 15.0. The maximum atomic E-state index is 12.1. The Bertz CT molecular complexity index is 605. The van der Waals surface area contributed by atoms with Crippen LogP contribution in [-0.4, -0.2) is 38.1 Å². The second-order valence-electron chi connectivity index (χ2n) is 5.37. The minimum absolute atomic E-state index is 0.205. The van der Waals surface area contributed by atoms with Crippen LogP contribution in [0.1, 0.15) is 36.2 Å². The van der Waals surface area contributed by atoms with Crippen LogP contribution in [0, 0.1) is 0 Å². The molecule has 0 bridgehead atoms. The van der Waals surface area contributed by atoms with Crippen molar-refractivity contribution in [2.75, 3.05) is 19.4 Å². The van der Waals surface area contributed by atoms with E-state index in [4.69, 9.17) is 0 Å². The Morgan fingerprint density at radius 2 is 1.85 bits per heavy atom. The SMILES string of the molecule is COC(=O)c1ccc(C(C)(C)N2CCCS2(=O)=O)cc1. The normalized spacial score (nSPS) is 18.9. The number of esters is 1. The third-order valence-electron chi connectivity index (χ3n) is 3.74. The second kappa shape index (κ2) is 5.18. The number of benzene rings is 1. The summed E-state index contributed by atoms with van der Waals surface area (Å²) in [6.45, 7) is 4.29. The number of methoxy groups -OCH3 is 1. The van der Waals surface area contributed by atoms with Gasteiger partial charge in [0.05, 0.1) is 24.0 Å². The maximum Gasteiger partial charge on any atom is 0.337 e. The van der Waals surface area contributed by atoms with Crippen molar-refractivity contribution in [1.29, 1.82) is 0 Å². The van der Waals surface area contributed by atoms with E-state index in [1.165, 1.54) is 11.4 Å². The summed E-state index contributed by atoms with van der Waals surface area (Å²) in [7, 11) is -1.85. The molecule has 1 aromatic carbocycles. The predicted octanol–water partition coefficient (Wildman–Crippen LogP) is 1.74. The minimum atomic E-state index is -3.18. The van der Waals surface area contributed by atoms with Crippen LogP contribution in [0.15, 0.2) is 24.3 Å². The Kier molecular flexibility index (Phi) is 3.88. The minimum Gasteiger partial charge on any atom is -0.465 e. The summed E-state index contributed by atoms with van der Waals surface area (Å²) in [6, 6.07) is 6.87. The highest BCUT2D eigenvalue weighted by Gasteiger charge is 2.40. The van der Waals surface area contributed by atoms with E-state index >= 15 is 0 Å². The molecule has 2 rings (SSSR count). The zero-order valence-corrected chi connectivity index (χ0v) is 12.7. The van der Waals surface area contributed by atoms with E-state index in [2.05, 4.69) is 4.74 Å². The van der Waals surface area contributed by atoms with Crippen LogP contribution in [-0.2, 0) is 20.3 Å². The number of ether oxygens (including phenoxy) is 1. The van der Waals surface area contributed by atoms with Gasteiger partial charge in [0.15, 0.2) is 0 Å². The Hall–Kier alpha value is -1.40. The molecule has 0 atom stereocenters. The van der Waals surface area contributed by atoms with E-state index in [-0.39, 0.29) is 5.75 Å². The molecule has 1 fully saturated rings. The highest BCUT2D eigenvalue weighted by Crippen LogP contribution is 2.33. The lowest BCUT2D eigenvalue weighted by atomic mass is 9.93. The topological polar surface area (TPSA) is 63.7 Å². The van der Waals surface area contributed by atoms with Crippen LogP contribution in [0.4, 0.5) is 0 Å². The third kappa shape index (κ3) is 2.58. The summed E-state index contributed by atoms with van der Waals surface area (Å²) < 4.78 is 30.3. The van der Waals surface area contributed by atoms with Gasteiger partial charge < -0.3 is 4.74 Å². The highest BCUT2D eigenvalue weighted by atomic mass is 32.2. The Labute approximate surface area is 119 Å². The van der Waals surface area contributed by atoms with Gasteiger partial charge in [0.2, 0.25) is 10.0 Å². The molecule has 0 aliphatic carbocycles. The molecule has 0 unspecified atom stereocenters. The van der Waals surface area contributed by atoms with E-state index < -0.39 is 21.5 Å². The van der Waals surface area contributed by atoms with Crippen LogP contribution < -0.4 is 0 Å². The van der Waals surface area contributed by atoms with Crippen LogP contribution in [0.3, 0.4) is 0 Å². The number of rotatable bonds is 3. The fourth-order valence-electron chi connectivity index (χ4n) is 2.54. The van der Waals surface area contributed by atoms with Crippen molar-refractivity contribution in [3.05, 3.63) is 35.4 Å². The van der Waals surface area contributed by atoms with Gasteiger partial charge in [-0.1, -0.05) is 12.1 Å². The third-order valence-corrected chi connectivity index (χ3v) is 5.85. The van der Waals surface area contributed by atoms with Crippen molar-refractivity contribution in [2.24, 2.45) is 0 Å².